The molecule has 2 aromatic rings. The maximum Gasteiger partial charge on any atom is 0.261 e. The minimum Gasteiger partial charge on any atom is -0.493 e. The highest BCUT2D eigenvalue weighted by atomic mass is 32.2. The standard InChI is InChI=1S/C18H23NO4S/c1-4-6-14-7-10-16(11-8-14)24(20,21)19-15-9-12-17(23-5-2)18(13-15)22-3/h7-13,19H,4-6H2,1-3H3. The molecule has 0 amide bonds. The first-order valence-corrected chi connectivity index (χ1v) is 9.41. The molecule has 130 valence electrons. The van der Waals surface area contributed by atoms with Gasteiger partial charge in [-0.1, -0.05) is 25.5 Å². The van der Waals surface area contributed by atoms with Crippen molar-refractivity contribution in [3.8, 4) is 11.5 Å². The number of methoxy groups -OCH3 is 1. The lowest BCUT2D eigenvalue weighted by molar-refractivity contribution is 0.311. The number of ether oxygens (including phenoxy) is 2. The summed E-state index contributed by atoms with van der Waals surface area (Å²) in [4.78, 5) is 0.232. The van der Waals surface area contributed by atoms with E-state index in [-0.39, 0.29) is 4.90 Å². The average Bonchev–Trinajstić information content (AvgIpc) is 2.57. The molecule has 0 aliphatic carbocycles. The van der Waals surface area contributed by atoms with Crippen molar-refractivity contribution < 1.29 is 17.9 Å². The molecule has 0 atom stereocenters. The van der Waals surface area contributed by atoms with E-state index in [0.29, 0.717) is 23.8 Å². The van der Waals surface area contributed by atoms with E-state index in [2.05, 4.69) is 11.6 Å². The molecule has 0 aliphatic rings. The number of sulfonamides is 1. The molecule has 0 bridgehead atoms. The Bertz CT molecular complexity index is 770. The van der Waals surface area contributed by atoms with Crippen LogP contribution in [0.3, 0.4) is 0 Å². The van der Waals surface area contributed by atoms with Gasteiger partial charge in [0.25, 0.3) is 10.0 Å². The lowest BCUT2D eigenvalue weighted by Crippen LogP contribution is -2.13. The van der Waals surface area contributed by atoms with Crippen LogP contribution in [-0.2, 0) is 16.4 Å². The van der Waals surface area contributed by atoms with Gasteiger partial charge in [-0.2, -0.15) is 0 Å². The summed E-state index contributed by atoms with van der Waals surface area (Å²) in [5, 5.41) is 0. The van der Waals surface area contributed by atoms with Crippen molar-refractivity contribution in [2.45, 2.75) is 31.6 Å². The normalized spacial score (nSPS) is 11.1. The zero-order chi connectivity index (χ0) is 17.6. The van der Waals surface area contributed by atoms with Crippen LogP contribution in [0.1, 0.15) is 25.8 Å². The van der Waals surface area contributed by atoms with Crippen LogP contribution in [-0.4, -0.2) is 22.1 Å². The monoisotopic (exact) mass is 349 g/mol. The van der Waals surface area contributed by atoms with Crippen molar-refractivity contribution >= 4 is 15.7 Å². The first kappa shape index (κ1) is 18.1. The number of hydrogen-bond acceptors (Lipinski definition) is 4. The second kappa shape index (κ2) is 8.06. The summed E-state index contributed by atoms with van der Waals surface area (Å²) >= 11 is 0. The second-order valence-electron chi connectivity index (χ2n) is 5.30. The fraction of sp³-hybridized carbons (Fsp3) is 0.333. The molecule has 2 rings (SSSR count). The molecule has 0 aliphatic heterocycles. The van der Waals surface area contributed by atoms with Gasteiger partial charge < -0.3 is 9.47 Å². The molecule has 1 N–H and O–H groups in total. The molecule has 6 heteroatoms. The summed E-state index contributed by atoms with van der Waals surface area (Å²) in [7, 11) is -2.13. The van der Waals surface area contributed by atoms with Crippen LogP contribution in [0.15, 0.2) is 47.4 Å². The van der Waals surface area contributed by atoms with Gasteiger partial charge in [0.1, 0.15) is 0 Å². The van der Waals surface area contributed by atoms with Crippen LogP contribution in [0.25, 0.3) is 0 Å². The van der Waals surface area contributed by atoms with Gasteiger partial charge in [-0.25, -0.2) is 8.42 Å². The summed E-state index contributed by atoms with van der Waals surface area (Å²) < 4.78 is 38.2. The number of aryl methyl sites for hydroxylation is 1. The van der Waals surface area contributed by atoms with Crippen molar-refractivity contribution in [1.82, 2.24) is 0 Å². The Kier molecular flexibility index (Phi) is 6.09. The van der Waals surface area contributed by atoms with Crippen LogP contribution < -0.4 is 14.2 Å². The molecule has 0 heterocycles. The van der Waals surface area contributed by atoms with Crippen LogP contribution in [0.4, 0.5) is 5.69 Å². The number of nitrogens with one attached hydrogen (secondary N) is 1. The van der Waals surface area contributed by atoms with Gasteiger partial charge in [0.15, 0.2) is 11.5 Å². The number of benzene rings is 2. The Labute approximate surface area is 143 Å². The molecule has 0 saturated carbocycles. The van der Waals surface area contributed by atoms with E-state index in [1.165, 1.54) is 7.11 Å². The second-order valence-corrected chi connectivity index (χ2v) is 6.98. The van der Waals surface area contributed by atoms with Gasteiger partial charge in [0.05, 0.1) is 24.3 Å². The average molecular weight is 349 g/mol. The zero-order valence-corrected chi connectivity index (χ0v) is 15.0. The van der Waals surface area contributed by atoms with Gasteiger partial charge >= 0.3 is 0 Å². The maximum absolute atomic E-state index is 12.5. The molecule has 0 radical (unpaired) electrons. The number of anilines is 1. The highest BCUT2D eigenvalue weighted by Crippen LogP contribution is 2.31. The maximum atomic E-state index is 12.5. The van der Waals surface area contributed by atoms with Gasteiger partial charge in [-0.05, 0) is 43.2 Å². The Morgan fingerprint density at radius 3 is 2.29 bits per heavy atom. The predicted molar refractivity (Wildman–Crippen MR) is 95.4 cm³/mol. The quantitative estimate of drug-likeness (QED) is 0.786. The van der Waals surface area contributed by atoms with Crippen LogP contribution in [0.5, 0.6) is 11.5 Å². The smallest absolute Gasteiger partial charge is 0.261 e. The number of hydrogen-bond donors (Lipinski definition) is 1. The molecule has 0 saturated heterocycles. The summed E-state index contributed by atoms with van der Waals surface area (Å²) in [6, 6.07) is 11.9. The van der Waals surface area contributed by atoms with Crippen molar-refractivity contribution in [2.24, 2.45) is 0 Å². The third-order valence-electron chi connectivity index (χ3n) is 3.49. The zero-order valence-electron chi connectivity index (χ0n) is 14.2. The van der Waals surface area contributed by atoms with E-state index in [0.717, 1.165) is 18.4 Å². The fourth-order valence-electron chi connectivity index (χ4n) is 2.34. The number of rotatable bonds is 8. The van der Waals surface area contributed by atoms with Crippen molar-refractivity contribution in [3.63, 3.8) is 0 Å². The molecule has 0 aromatic heterocycles. The highest BCUT2D eigenvalue weighted by molar-refractivity contribution is 7.92. The lowest BCUT2D eigenvalue weighted by atomic mass is 10.1. The predicted octanol–water partition coefficient (Wildman–Crippen LogP) is 3.85. The summed E-state index contributed by atoms with van der Waals surface area (Å²) in [5.41, 5.74) is 1.55. The van der Waals surface area contributed by atoms with Crippen molar-refractivity contribution in [3.05, 3.63) is 48.0 Å². The van der Waals surface area contributed by atoms with Crippen LogP contribution in [0, 0.1) is 0 Å². The van der Waals surface area contributed by atoms with Crippen molar-refractivity contribution in [1.29, 1.82) is 0 Å². The molecular formula is C18H23NO4S. The molecule has 5 nitrogen and oxygen atoms in total. The van der Waals surface area contributed by atoms with Crippen molar-refractivity contribution in [2.75, 3.05) is 18.4 Å². The Morgan fingerprint density at radius 1 is 1.00 bits per heavy atom. The molecule has 0 unspecified atom stereocenters. The van der Waals surface area contributed by atoms with Crippen LogP contribution in [0.2, 0.25) is 0 Å². The first-order valence-electron chi connectivity index (χ1n) is 7.92. The van der Waals surface area contributed by atoms with Gasteiger partial charge in [-0.3, -0.25) is 4.72 Å². The lowest BCUT2D eigenvalue weighted by Gasteiger charge is -2.13. The van der Waals surface area contributed by atoms with E-state index < -0.39 is 10.0 Å². The fourth-order valence-corrected chi connectivity index (χ4v) is 3.39. The summed E-state index contributed by atoms with van der Waals surface area (Å²) in [6.07, 6.45) is 1.96. The molecule has 2 aromatic carbocycles. The SMILES string of the molecule is CCCc1ccc(S(=O)(=O)Nc2ccc(OCC)c(OC)c2)cc1. The molecular weight excluding hydrogens is 326 g/mol. The van der Waals surface area contributed by atoms with Crippen LogP contribution >= 0.6 is 0 Å². The van der Waals surface area contributed by atoms with E-state index >= 15 is 0 Å². The molecule has 24 heavy (non-hydrogen) atoms. The Hall–Kier alpha value is -2.21. The van der Waals surface area contributed by atoms with Gasteiger partial charge in [0.2, 0.25) is 0 Å². The third-order valence-corrected chi connectivity index (χ3v) is 4.89. The van der Waals surface area contributed by atoms with Gasteiger partial charge in [-0.15, -0.1) is 0 Å². The largest absolute Gasteiger partial charge is 0.493 e. The Morgan fingerprint density at radius 2 is 1.71 bits per heavy atom. The highest BCUT2D eigenvalue weighted by Gasteiger charge is 2.15. The molecule has 0 spiro atoms. The van der Waals surface area contributed by atoms with E-state index in [1.807, 2.05) is 19.1 Å². The minimum absolute atomic E-state index is 0.232. The molecule has 0 fully saturated rings. The first-order chi connectivity index (χ1) is 11.5. The summed E-state index contributed by atoms with van der Waals surface area (Å²) in [5.74, 6) is 1.06. The summed E-state index contributed by atoms with van der Waals surface area (Å²) in [6.45, 7) is 4.47. The van der Waals surface area contributed by atoms with Gasteiger partial charge in [0, 0.05) is 6.07 Å². The minimum atomic E-state index is -3.64. The van der Waals surface area contributed by atoms with E-state index in [4.69, 9.17) is 9.47 Å². The van der Waals surface area contributed by atoms with E-state index in [1.54, 1.807) is 30.3 Å². The topological polar surface area (TPSA) is 64.6 Å². The third kappa shape index (κ3) is 4.41. The van der Waals surface area contributed by atoms with E-state index in [9.17, 15) is 8.42 Å². The Balaban J connectivity index is 2.22.